The summed E-state index contributed by atoms with van der Waals surface area (Å²) in [7, 11) is 1.95. The van der Waals surface area contributed by atoms with Crippen molar-refractivity contribution in [1.29, 1.82) is 0 Å². The molecule has 1 unspecified atom stereocenters. The first kappa shape index (κ1) is 26.8. The average molecular weight is 551 g/mol. The molecule has 1 N–H and O–H groups in total. The number of rotatable bonds is 6. The standard InChI is InChI=1S/C29H29F3N6S/c1-16-14-34-17(2)25(38(16)33-4)9-7-23-21(13-20(31)10-11-30)27-22(32)15-39-29(27)28(36-23)19-6-8-26-24(12-19)35-18(3)37(26)5/h6,8-13,15-17,34H,4,7,14H2,1-3,5H3/b11-10+,20-13?,25-9-/t16?,17-/m1/s1. The van der Waals surface area contributed by atoms with Crippen molar-refractivity contribution in [3.8, 4) is 11.3 Å². The van der Waals surface area contributed by atoms with Crippen molar-refractivity contribution >= 4 is 45.2 Å². The van der Waals surface area contributed by atoms with Crippen LogP contribution in [0.3, 0.4) is 0 Å². The molecular weight excluding hydrogens is 521 g/mol. The molecule has 3 aromatic heterocycles. The van der Waals surface area contributed by atoms with Crippen LogP contribution in [0.2, 0.25) is 0 Å². The lowest BCUT2D eigenvalue weighted by molar-refractivity contribution is 0.211. The van der Waals surface area contributed by atoms with E-state index in [0.717, 1.165) is 40.7 Å². The summed E-state index contributed by atoms with van der Waals surface area (Å²) in [5.41, 5.74) is 4.75. The molecule has 5 rings (SSSR count). The summed E-state index contributed by atoms with van der Waals surface area (Å²) >= 11 is 1.20. The molecule has 1 fully saturated rings. The number of piperazine rings is 1. The van der Waals surface area contributed by atoms with Crippen LogP contribution in [0.5, 0.6) is 0 Å². The molecule has 39 heavy (non-hydrogen) atoms. The molecule has 202 valence electrons. The van der Waals surface area contributed by atoms with Gasteiger partial charge in [0.2, 0.25) is 0 Å². The number of imidazole rings is 1. The van der Waals surface area contributed by atoms with Gasteiger partial charge in [0.25, 0.3) is 0 Å². The lowest BCUT2D eigenvalue weighted by Crippen LogP contribution is -2.50. The minimum Gasteiger partial charge on any atom is -0.331 e. The molecule has 1 aromatic carbocycles. The zero-order chi connectivity index (χ0) is 27.8. The van der Waals surface area contributed by atoms with Crippen LogP contribution in [0.15, 0.2) is 58.7 Å². The van der Waals surface area contributed by atoms with Crippen molar-refractivity contribution in [1.82, 2.24) is 24.9 Å². The van der Waals surface area contributed by atoms with Gasteiger partial charge in [-0.3, -0.25) is 9.99 Å². The Morgan fingerprint density at radius 2 is 2.10 bits per heavy atom. The summed E-state index contributed by atoms with van der Waals surface area (Å²) in [4.78, 5) is 9.60. The lowest BCUT2D eigenvalue weighted by Gasteiger charge is -2.37. The van der Waals surface area contributed by atoms with Crippen molar-refractivity contribution < 1.29 is 13.2 Å². The number of pyridine rings is 1. The van der Waals surface area contributed by atoms with Gasteiger partial charge in [0.1, 0.15) is 17.5 Å². The van der Waals surface area contributed by atoms with Gasteiger partial charge in [0.05, 0.1) is 45.2 Å². The van der Waals surface area contributed by atoms with E-state index in [1.54, 1.807) is 0 Å². The van der Waals surface area contributed by atoms with Gasteiger partial charge in [-0.1, -0.05) is 12.1 Å². The molecule has 6 nitrogen and oxygen atoms in total. The lowest BCUT2D eigenvalue weighted by atomic mass is 10.00. The number of thiophene rings is 1. The molecule has 1 aliphatic heterocycles. The average Bonchev–Trinajstić information content (AvgIpc) is 3.43. The van der Waals surface area contributed by atoms with Crippen LogP contribution in [0.4, 0.5) is 13.2 Å². The van der Waals surface area contributed by atoms with Gasteiger partial charge in [0, 0.05) is 60.7 Å². The van der Waals surface area contributed by atoms with Crippen LogP contribution < -0.4 is 5.32 Å². The monoisotopic (exact) mass is 550 g/mol. The zero-order valence-corrected chi connectivity index (χ0v) is 23.0. The van der Waals surface area contributed by atoms with Crippen molar-refractivity contribution in [2.24, 2.45) is 12.1 Å². The number of halogens is 3. The quantitative estimate of drug-likeness (QED) is 0.212. The predicted octanol–water partition coefficient (Wildman–Crippen LogP) is 6.82. The number of aromatic nitrogens is 3. The van der Waals surface area contributed by atoms with Gasteiger partial charge in [-0.2, -0.15) is 5.10 Å². The number of hydrogen-bond donors (Lipinski definition) is 1. The Balaban J connectivity index is 1.73. The highest BCUT2D eigenvalue weighted by Crippen LogP contribution is 2.39. The summed E-state index contributed by atoms with van der Waals surface area (Å²) in [5, 5.41) is 11.1. The highest BCUT2D eigenvalue weighted by Gasteiger charge is 2.26. The molecule has 4 heterocycles. The van der Waals surface area contributed by atoms with Crippen LogP contribution in [0, 0.1) is 12.7 Å². The number of nitrogens with zero attached hydrogens (tertiary/aromatic N) is 5. The highest BCUT2D eigenvalue weighted by atomic mass is 32.1. The van der Waals surface area contributed by atoms with E-state index in [4.69, 9.17) is 4.98 Å². The summed E-state index contributed by atoms with van der Waals surface area (Å²) in [6.07, 6.45) is 4.17. The molecule has 2 atom stereocenters. The van der Waals surface area contributed by atoms with E-state index in [2.05, 4.69) is 22.1 Å². The van der Waals surface area contributed by atoms with Crippen molar-refractivity contribution in [2.45, 2.75) is 39.3 Å². The fourth-order valence-electron chi connectivity index (χ4n) is 5.06. The van der Waals surface area contributed by atoms with E-state index in [0.29, 0.717) is 22.2 Å². The third kappa shape index (κ3) is 4.90. The third-order valence-corrected chi connectivity index (χ3v) is 8.13. The van der Waals surface area contributed by atoms with E-state index in [-0.39, 0.29) is 35.8 Å². The Kier molecular flexibility index (Phi) is 7.42. The third-order valence-electron chi connectivity index (χ3n) is 7.17. The maximum absolute atomic E-state index is 15.3. The maximum atomic E-state index is 15.3. The number of benzene rings is 1. The second-order valence-corrected chi connectivity index (χ2v) is 10.5. The summed E-state index contributed by atoms with van der Waals surface area (Å²) < 4.78 is 45.3. The Hall–Kier alpha value is -3.76. The van der Waals surface area contributed by atoms with E-state index in [1.807, 2.05) is 61.7 Å². The molecule has 0 radical (unpaired) electrons. The zero-order valence-electron chi connectivity index (χ0n) is 22.2. The summed E-state index contributed by atoms with van der Waals surface area (Å²) in [6.45, 7) is 10.5. The topological polar surface area (TPSA) is 58.3 Å². The Morgan fingerprint density at radius 1 is 1.31 bits per heavy atom. The molecule has 1 saturated heterocycles. The maximum Gasteiger partial charge on any atom is 0.142 e. The normalized spacial score (nSPS) is 19.7. The minimum atomic E-state index is -0.839. The Morgan fingerprint density at radius 3 is 2.85 bits per heavy atom. The second-order valence-electron chi connectivity index (χ2n) is 9.65. The molecule has 0 amide bonds. The van der Waals surface area contributed by atoms with Crippen LogP contribution in [-0.2, 0) is 13.5 Å². The molecular formula is C29H29F3N6S. The molecule has 0 bridgehead atoms. The summed E-state index contributed by atoms with van der Waals surface area (Å²) in [6, 6.07) is 5.92. The molecule has 10 heteroatoms. The number of hydrazone groups is 1. The van der Waals surface area contributed by atoms with E-state index in [9.17, 15) is 8.78 Å². The SMILES string of the molecule is C=NN1/C(=C\Cc2nc(-c3ccc4c(c3)nc(C)n4C)c3scc(F)c3c2C=C(F)/C=C/F)[C@@H](C)NCC1C. The van der Waals surface area contributed by atoms with Crippen LogP contribution in [-0.4, -0.2) is 44.9 Å². The minimum absolute atomic E-state index is 0.00668. The molecule has 0 spiro atoms. The van der Waals surface area contributed by atoms with Crippen LogP contribution in [0.1, 0.15) is 30.9 Å². The number of aryl methyl sites for hydroxylation is 2. The Labute approximate surface area is 228 Å². The van der Waals surface area contributed by atoms with Crippen molar-refractivity contribution in [2.75, 3.05) is 6.54 Å². The fraction of sp³-hybridized carbons (Fsp3) is 0.276. The van der Waals surface area contributed by atoms with Gasteiger partial charge in [-0.15, -0.1) is 11.3 Å². The molecule has 4 aromatic rings. The summed E-state index contributed by atoms with van der Waals surface area (Å²) in [5.74, 6) is -0.452. The van der Waals surface area contributed by atoms with Gasteiger partial charge in [-0.25, -0.2) is 18.2 Å². The van der Waals surface area contributed by atoms with Gasteiger partial charge < -0.3 is 9.88 Å². The smallest absolute Gasteiger partial charge is 0.142 e. The van der Waals surface area contributed by atoms with Crippen LogP contribution in [0.25, 0.3) is 38.5 Å². The fourth-order valence-corrected chi connectivity index (χ4v) is 6.00. The Bertz CT molecular complexity index is 1660. The molecule has 1 aliphatic rings. The molecule has 0 saturated carbocycles. The molecule has 0 aliphatic carbocycles. The first-order chi connectivity index (χ1) is 18.7. The van der Waals surface area contributed by atoms with E-state index in [1.165, 1.54) is 16.7 Å². The van der Waals surface area contributed by atoms with Crippen molar-refractivity contribution in [3.63, 3.8) is 0 Å². The van der Waals surface area contributed by atoms with E-state index < -0.39 is 11.6 Å². The predicted molar refractivity (Wildman–Crippen MR) is 153 cm³/mol. The van der Waals surface area contributed by atoms with Crippen LogP contribution >= 0.6 is 11.3 Å². The number of nitrogens with one attached hydrogen (secondary N) is 1. The number of allylic oxidation sites excluding steroid dienone is 3. The van der Waals surface area contributed by atoms with Gasteiger partial charge >= 0.3 is 0 Å². The first-order valence-corrected chi connectivity index (χ1v) is 13.5. The number of fused-ring (bicyclic) bond motifs is 2. The first-order valence-electron chi connectivity index (χ1n) is 12.6. The van der Waals surface area contributed by atoms with Gasteiger partial charge in [-0.05, 0) is 39.0 Å². The number of hydrogen-bond acceptors (Lipinski definition) is 6. The largest absolute Gasteiger partial charge is 0.331 e. The van der Waals surface area contributed by atoms with Crippen molar-refractivity contribution in [3.05, 3.63) is 76.5 Å². The van der Waals surface area contributed by atoms with Gasteiger partial charge in [0.15, 0.2) is 0 Å². The highest BCUT2D eigenvalue weighted by molar-refractivity contribution is 7.17. The second kappa shape index (κ2) is 10.8. The van der Waals surface area contributed by atoms with E-state index >= 15 is 4.39 Å².